The number of aliphatic imine (C=N–C) groups is 1. The molecule has 0 radical (unpaired) electrons. The predicted molar refractivity (Wildman–Crippen MR) is 86.3 cm³/mol. The molecule has 2 aliphatic rings. The quantitative estimate of drug-likeness (QED) is 0.925. The number of hydrogen-bond acceptors (Lipinski definition) is 5. The summed E-state index contributed by atoms with van der Waals surface area (Å²) in [7, 11) is 0. The fourth-order valence-electron chi connectivity index (χ4n) is 2.44. The Morgan fingerprint density at radius 1 is 1.41 bits per heavy atom. The van der Waals surface area contributed by atoms with Gasteiger partial charge in [-0.3, -0.25) is 14.7 Å². The number of hydrogen-bond donors (Lipinski definition) is 1. The summed E-state index contributed by atoms with van der Waals surface area (Å²) in [5, 5.41) is 3.70. The molecule has 0 saturated carbocycles. The lowest BCUT2D eigenvalue weighted by Gasteiger charge is -2.13. The van der Waals surface area contributed by atoms with Crippen LogP contribution in [0.3, 0.4) is 0 Å². The number of ether oxygens (including phenoxy) is 1. The van der Waals surface area contributed by atoms with E-state index < -0.39 is 0 Å². The maximum atomic E-state index is 11.7. The smallest absolute Gasteiger partial charge is 0.414 e. The fraction of sp³-hybridized carbons (Fsp3) is 0.400. The van der Waals surface area contributed by atoms with Crippen LogP contribution >= 0.6 is 11.8 Å². The van der Waals surface area contributed by atoms with Gasteiger partial charge in [-0.15, -0.1) is 11.8 Å². The van der Waals surface area contributed by atoms with E-state index in [0.717, 1.165) is 22.0 Å². The van der Waals surface area contributed by atoms with Crippen molar-refractivity contribution in [3.05, 3.63) is 29.8 Å². The highest BCUT2D eigenvalue weighted by molar-refractivity contribution is 8.14. The molecule has 2 unspecified atom stereocenters. The third kappa shape index (κ3) is 3.09. The lowest BCUT2D eigenvalue weighted by atomic mass is 10.2. The number of nitrogens with one attached hydrogen (secondary N) is 1. The Balaban J connectivity index is 1.72. The molecule has 1 aromatic carbocycles. The second kappa shape index (κ2) is 6.00. The topological polar surface area (TPSA) is 71.0 Å². The van der Waals surface area contributed by atoms with Gasteiger partial charge in [0, 0.05) is 23.9 Å². The third-order valence-corrected chi connectivity index (χ3v) is 4.51. The van der Waals surface area contributed by atoms with Crippen LogP contribution in [0.5, 0.6) is 0 Å². The maximum Gasteiger partial charge on any atom is 0.414 e. The molecule has 7 heteroatoms. The molecule has 1 fully saturated rings. The summed E-state index contributed by atoms with van der Waals surface area (Å²) < 4.78 is 5.13. The van der Waals surface area contributed by atoms with Crippen LogP contribution in [0.25, 0.3) is 0 Å². The van der Waals surface area contributed by atoms with E-state index in [0.29, 0.717) is 6.54 Å². The van der Waals surface area contributed by atoms with E-state index in [2.05, 4.69) is 10.3 Å². The third-order valence-electron chi connectivity index (χ3n) is 3.41. The van der Waals surface area contributed by atoms with Crippen LogP contribution in [0.1, 0.15) is 19.4 Å². The number of nitrogens with zero attached hydrogens (tertiary/aromatic N) is 2. The average Bonchev–Trinajstić information content (AvgIpc) is 3.05. The Kier molecular flexibility index (Phi) is 4.06. The lowest BCUT2D eigenvalue weighted by Crippen LogP contribution is -2.31. The van der Waals surface area contributed by atoms with E-state index in [9.17, 15) is 9.59 Å². The summed E-state index contributed by atoms with van der Waals surface area (Å²) in [5.41, 5.74) is 1.81. The summed E-state index contributed by atoms with van der Waals surface area (Å²) >= 11 is 1.61. The van der Waals surface area contributed by atoms with Crippen molar-refractivity contribution in [2.45, 2.75) is 26.1 Å². The number of rotatable bonds is 3. The lowest BCUT2D eigenvalue weighted by molar-refractivity contribution is -0.119. The van der Waals surface area contributed by atoms with Crippen LogP contribution < -0.4 is 10.2 Å². The van der Waals surface area contributed by atoms with Crippen LogP contribution in [-0.4, -0.2) is 41.6 Å². The minimum atomic E-state index is -0.307. The monoisotopic (exact) mass is 319 g/mol. The highest BCUT2D eigenvalue weighted by Gasteiger charge is 2.29. The molecule has 0 aromatic heterocycles. The summed E-state index contributed by atoms with van der Waals surface area (Å²) in [6, 6.07) is 7.66. The number of anilines is 1. The van der Waals surface area contributed by atoms with Crippen molar-refractivity contribution in [2.24, 2.45) is 4.99 Å². The van der Waals surface area contributed by atoms with Gasteiger partial charge in [-0.1, -0.05) is 12.1 Å². The van der Waals surface area contributed by atoms with E-state index in [4.69, 9.17) is 4.74 Å². The Bertz CT molecular complexity index is 629. The molecule has 116 valence electrons. The van der Waals surface area contributed by atoms with Gasteiger partial charge in [-0.2, -0.15) is 0 Å². The normalized spacial score (nSPS) is 24.2. The summed E-state index contributed by atoms with van der Waals surface area (Å²) in [6.45, 7) is 3.93. The maximum absolute atomic E-state index is 11.7. The van der Waals surface area contributed by atoms with E-state index >= 15 is 0 Å². The van der Waals surface area contributed by atoms with Gasteiger partial charge in [-0.05, 0) is 19.1 Å². The summed E-state index contributed by atoms with van der Waals surface area (Å²) in [5.74, 6) is 0.666. The van der Waals surface area contributed by atoms with E-state index in [-0.39, 0.29) is 24.3 Å². The Hall–Kier alpha value is -2.02. The first kappa shape index (κ1) is 14.9. The van der Waals surface area contributed by atoms with Gasteiger partial charge in [-0.25, -0.2) is 4.79 Å². The Morgan fingerprint density at radius 3 is 2.73 bits per heavy atom. The molecule has 22 heavy (non-hydrogen) atoms. The minimum absolute atomic E-state index is 0.0763. The Labute approximate surface area is 132 Å². The zero-order valence-corrected chi connectivity index (χ0v) is 13.2. The molecule has 3 rings (SSSR count). The zero-order valence-electron chi connectivity index (χ0n) is 12.4. The molecular weight excluding hydrogens is 302 g/mol. The first-order valence-corrected chi connectivity index (χ1v) is 8.08. The van der Waals surface area contributed by atoms with Crippen LogP contribution in [-0.2, 0) is 9.53 Å². The second-order valence-electron chi connectivity index (χ2n) is 5.31. The number of carbonyl (C=O) groups excluding carboxylic acids is 2. The van der Waals surface area contributed by atoms with Gasteiger partial charge in [0.2, 0.25) is 5.91 Å². The molecule has 6 nitrogen and oxygen atoms in total. The molecule has 1 aromatic rings. The number of amides is 2. The van der Waals surface area contributed by atoms with Gasteiger partial charge < -0.3 is 10.1 Å². The van der Waals surface area contributed by atoms with Gasteiger partial charge in [0.05, 0.1) is 6.54 Å². The zero-order chi connectivity index (χ0) is 15.7. The minimum Gasteiger partial charge on any atom is -0.444 e. The molecule has 1 saturated heterocycles. The van der Waals surface area contributed by atoms with E-state index in [1.165, 1.54) is 6.92 Å². The number of thioether (sulfide) groups is 1. The van der Waals surface area contributed by atoms with Gasteiger partial charge in [0.15, 0.2) is 0 Å². The van der Waals surface area contributed by atoms with Crippen molar-refractivity contribution >= 4 is 34.5 Å². The van der Waals surface area contributed by atoms with Crippen molar-refractivity contribution in [1.29, 1.82) is 0 Å². The molecular formula is C15H17N3O3S. The van der Waals surface area contributed by atoms with Crippen molar-refractivity contribution in [2.75, 3.05) is 17.2 Å². The number of carbonyl (C=O) groups is 2. The standard InChI is InChI=1S/C15H17N3O3S/c1-9-7-18(15(20)21-9)12-5-3-11(4-6-12)14-17-13(8-22-14)16-10(2)19/h3-6,9,13H,7-8H2,1-2H3,(H,16,19). The van der Waals surface area contributed by atoms with Crippen molar-refractivity contribution in [3.63, 3.8) is 0 Å². The van der Waals surface area contributed by atoms with Crippen LogP contribution in [0.15, 0.2) is 29.3 Å². The molecule has 2 amide bonds. The number of benzene rings is 1. The summed E-state index contributed by atoms with van der Waals surface area (Å²) in [6.07, 6.45) is -0.550. The largest absolute Gasteiger partial charge is 0.444 e. The molecule has 2 atom stereocenters. The van der Waals surface area contributed by atoms with E-state index in [1.54, 1.807) is 16.7 Å². The van der Waals surface area contributed by atoms with Crippen molar-refractivity contribution in [1.82, 2.24) is 5.32 Å². The number of cyclic esters (lactones) is 1. The average molecular weight is 319 g/mol. The van der Waals surface area contributed by atoms with Crippen LogP contribution in [0.4, 0.5) is 10.5 Å². The molecule has 2 heterocycles. The second-order valence-corrected chi connectivity index (χ2v) is 6.32. The first-order chi connectivity index (χ1) is 10.5. The fourth-order valence-corrected chi connectivity index (χ4v) is 3.42. The van der Waals surface area contributed by atoms with Gasteiger partial charge in [0.1, 0.15) is 17.3 Å². The van der Waals surface area contributed by atoms with Crippen molar-refractivity contribution in [3.8, 4) is 0 Å². The first-order valence-electron chi connectivity index (χ1n) is 7.09. The highest BCUT2D eigenvalue weighted by atomic mass is 32.2. The SMILES string of the molecule is CC(=O)NC1CSC(c2ccc(N3CC(C)OC3=O)cc2)=N1. The summed E-state index contributed by atoms with van der Waals surface area (Å²) in [4.78, 5) is 28.9. The molecule has 1 N–H and O–H groups in total. The van der Waals surface area contributed by atoms with Crippen LogP contribution in [0, 0.1) is 0 Å². The van der Waals surface area contributed by atoms with E-state index in [1.807, 2.05) is 31.2 Å². The Morgan fingerprint density at radius 2 is 2.14 bits per heavy atom. The molecule has 2 aliphatic heterocycles. The predicted octanol–water partition coefficient (Wildman–Crippen LogP) is 1.99. The highest BCUT2D eigenvalue weighted by Crippen LogP contribution is 2.26. The van der Waals surface area contributed by atoms with Crippen molar-refractivity contribution < 1.29 is 14.3 Å². The van der Waals surface area contributed by atoms with Crippen LogP contribution in [0.2, 0.25) is 0 Å². The van der Waals surface area contributed by atoms with Gasteiger partial charge >= 0.3 is 6.09 Å². The molecule has 0 bridgehead atoms. The molecule has 0 aliphatic carbocycles. The molecule has 0 spiro atoms. The van der Waals surface area contributed by atoms with Gasteiger partial charge in [0.25, 0.3) is 0 Å².